The van der Waals surface area contributed by atoms with Crippen molar-refractivity contribution in [2.45, 2.75) is 96.3 Å². The highest BCUT2D eigenvalue weighted by Crippen LogP contribution is 2.37. The highest BCUT2D eigenvalue weighted by atomic mass is 32.2. The number of hydrogen-bond acceptors (Lipinski definition) is 3. The fourth-order valence-corrected chi connectivity index (χ4v) is 4.69. The van der Waals surface area contributed by atoms with E-state index in [4.69, 9.17) is 4.43 Å². The van der Waals surface area contributed by atoms with Crippen molar-refractivity contribution in [3.63, 3.8) is 0 Å². The standard InChI is InChI=1S/C20H38N2O2SSi/c1-16(24-26(8,9)20(5,6)7)14-18(22-25(23)19(2,3)4)15-17-12-10-11-13-21-17/h10-13,16,18,22H,14-15H2,1-9H3/t16-,18-,25+/m0/s1. The summed E-state index contributed by atoms with van der Waals surface area (Å²) < 4.78 is 22.2. The third-order valence-electron chi connectivity index (χ3n) is 4.93. The lowest BCUT2D eigenvalue weighted by molar-refractivity contribution is 0.177. The Balaban J connectivity index is 2.85. The number of aromatic nitrogens is 1. The van der Waals surface area contributed by atoms with E-state index in [1.807, 2.05) is 45.2 Å². The van der Waals surface area contributed by atoms with E-state index in [-0.39, 0.29) is 21.9 Å². The zero-order valence-corrected chi connectivity index (χ0v) is 19.9. The van der Waals surface area contributed by atoms with Gasteiger partial charge in [-0.25, -0.2) is 8.93 Å². The smallest absolute Gasteiger partial charge is 0.192 e. The van der Waals surface area contributed by atoms with E-state index in [0.29, 0.717) is 0 Å². The summed E-state index contributed by atoms with van der Waals surface area (Å²) in [7, 11) is -2.94. The van der Waals surface area contributed by atoms with E-state index in [1.54, 1.807) is 0 Å². The van der Waals surface area contributed by atoms with Crippen molar-refractivity contribution in [1.82, 2.24) is 9.71 Å². The van der Waals surface area contributed by atoms with Gasteiger partial charge >= 0.3 is 0 Å². The summed E-state index contributed by atoms with van der Waals surface area (Å²) in [5.41, 5.74) is 1.01. The molecule has 0 amide bonds. The minimum Gasteiger partial charge on any atom is -0.414 e. The first kappa shape index (κ1) is 23.5. The van der Waals surface area contributed by atoms with Crippen molar-refractivity contribution < 1.29 is 8.63 Å². The molecule has 3 atom stereocenters. The molecule has 0 aliphatic heterocycles. The molecule has 0 spiro atoms. The van der Waals surface area contributed by atoms with Crippen LogP contribution in [0.3, 0.4) is 0 Å². The van der Waals surface area contributed by atoms with Crippen molar-refractivity contribution in [3.8, 4) is 0 Å². The molecule has 0 saturated carbocycles. The van der Waals surface area contributed by atoms with Crippen LogP contribution in [0.5, 0.6) is 0 Å². The van der Waals surface area contributed by atoms with Crippen molar-refractivity contribution in [3.05, 3.63) is 30.1 Å². The molecule has 0 unspecified atom stereocenters. The number of nitrogens with zero attached hydrogens (tertiary/aromatic N) is 1. The average molecular weight is 399 g/mol. The van der Waals surface area contributed by atoms with Gasteiger partial charge in [-0.1, -0.05) is 26.8 Å². The van der Waals surface area contributed by atoms with Gasteiger partial charge in [-0.3, -0.25) is 4.98 Å². The molecular weight excluding hydrogens is 360 g/mol. The SMILES string of the molecule is C[C@@H](C[C@@H](Cc1ccccn1)N[S@](=O)C(C)(C)C)O[Si](C)(C)C(C)(C)C. The van der Waals surface area contributed by atoms with Crippen molar-refractivity contribution >= 4 is 19.3 Å². The molecular formula is C20H38N2O2SSi. The van der Waals surface area contributed by atoms with Gasteiger partial charge in [-0.05, 0) is 64.4 Å². The van der Waals surface area contributed by atoms with Gasteiger partial charge in [0.05, 0.1) is 15.7 Å². The van der Waals surface area contributed by atoms with Crippen LogP contribution in [-0.2, 0) is 21.8 Å². The molecule has 6 heteroatoms. The fourth-order valence-electron chi connectivity index (χ4n) is 2.40. The van der Waals surface area contributed by atoms with Gasteiger partial charge in [-0.2, -0.15) is 0 Å². The molecule has 26 heavy (non-hydrogen) atoms. The Kier molecular flexibility index (Phi) is 8.20. The van der Waals surface area contributed by atoms with Gasteiger partial charge in [0.25, 0.3) is 0 Å². The van der Waals surface area contributed by atoms with E-state index in [1.165, 1.54) is 0 Å². The van der Waals surface area contributed by atoms with Crippen molar-refractivity contribution in [1.29, 1.82) is 0 Å². The van der Waals surface area contributed by atoms with Crippen LogP contribution in [-0.4, -0.2) is 34.4 Å². The Labute approximate surface area is 164 Å². The normalized spacial score (nSPS) is 17.0. The number of hydrogen-bond donors (Lipinski definition) is 1. The van der Waals surface area contributed by atoms with Gasteiger partial charge in [0.1, 0.15) is 0 Å². The first-order chi connectivity index (χ1) is 11.7. The zero-order chi connectivity index (χ0) is 20.2. The van der Waals surface area contributed by atoms with Gasteiger partial charge in [-0.15, -0.1) is 0 Å². The van der Waals surface area contributed by atoms with E-state index in [9.17, 15) is 4.21 Å². The first-order valence-corrected chi connectivity index (χ1v) is 13.5. The van der Waals surface area contributed by atoms with Crippen molar-refractivity contribution in [2.24, 2.45) is 0 Å². The summed E-state index contributed by atoms with van der Waals surface area (Å²) in [6.07, 6.45) is 3.47. The lowest BCUT2D eigenvalue weighted by Gasteiger charge is -2.39. The summed E-state index contributed by atoms with van der Waals surface area (Å²) in [5, 5.41) is 0.180. The lowest BCUT2D eigenvalue weighted by Crippen LogP contribution is -2.46. The zero-order valence-electron chi connectivity index (χ0n) is 18.1. The Morgan fingerprint density at radius 1 is 1.19 bits per heavy atom. The molecule has 1 aromatic heterocycles. The van der Waals surface area contributed by atoms with Crippen LogP contribution in [0.4, 0.5) is 0 Å². The third kappa shape index (κ3) is 7.59. The second-order valence-corrected chi connectivity index (χ2v) is 16.4. The Hall–Kier alpha value is -0.563. The van der Waals surface area contributed by atoms with Crippen LogP contribution in [0.2, 0.25) is 18.1 Å². The average Bonchev–Trinajstić information content (AvgIpc) is 2.45. The van der Waals surface area contributed by atoms with Crippen LogP contribution in [0.1, 0.15) is 60.6 Å². The molecule has 1 rings (SSSR count). The summed E-state index contributed by atoms with van der Waals surface area (Å²) in [5.74, 6) is 0. The van der Waals surface area contributed by atoms with Crippen LogP contribution in [0.15, 0.2) is 24.4 Å². The molecule has 1 aromatic rings. The van der Waals surface area contributed by atoms with E-state index in [0.717, 1.165) is 18.5 Å². The second kappa shape index (κ2) is 9.09. The number of nitrogens with one attached hydrogen (secondary N) is 1. The van der Waals surface area contributed by atoms with E-state index in [2.05, 4.69) is 50.5 Å². The Bertz CT molecular complexity index is 580. The second-order valence-electron chi connectivity index (χ2n) is 9.65. The molecule has 1 N–H and O–H groups in total. The largest absolute Gasteiger partial charge is 0.414 e. The van der Waals surface area contributed by atoms with Crippen LogP contribution >= 0.6 is 0 Å². The molecule has 0 bridgehead atoms. The number of pyridine rings is 1. The summed E-state index contributed by atoms with van der Waals surface area (Å²) in [6, 6.07) is 6.00. The predicted octanol–water partition coefficient (Wildman–Crippen LogP) is 4.84. The predicted molar refractivity (Wildman–Crippen MR) is 115 cm³/mol. The molecule has 0 aromatic carbocycles. The maximum atomic E-state index is 12.6. The van der Waals surface area contributed by atoms with Crippen LogP contribution < -0.4 is 4.72 Å². The van der Waals surface area contributed by atoms with Gasteiger partial charge in [0, 0.05) is 30.5 Å². The third-order valence-corrected chi connectivity index (χ3v) is 11.2. The maximum Gasteiger partial charge on any atom is 0.192 e. The molecule has 4 nitrogen and oxygen atoms in total. The fraction of sp³-hybridized carbons (Fsp3) is 0.750. The summed E-state index contributed by atoms with van der Waals surface area (Å²) in [4.78, 5) is 4.44. The van der Waals surface area contributed by atoms with Gasteiger partial charge in [0.2, 0.25) is 0 Å². The molecule has 0 aliphatic carbocycles. The minimum atomic E-state index is -1.82. The first-order valence-electron chi connectivity index (χ1n) is 9.48. The molecule has 1 heterocycles. The van der Waals surface area contributed by atoms with Gasteiger partial charge in [0.15, 0.2) is 8.32 Å². The highest BCUT2D eigenvalue weighted by molar-refractivity contribution is 7.84. The molecule has 0 fully saturated rings. The molecule has 0 radical (unpaired) electrons. The van der Waals surface area contributed by atoms with E-state index < -0.39 is 19.3 Å². The molecule has 0 saturated heterocycles. The van der Waals surface area contributed by atoms with E-state index >= 15 is 0 Å². The minimum absolute atomic E-state index is 0.0599. The van der Waals surface area contributed by atoms with Crippen LogP contribution in [0, 0.1) is 0 Å². The monoisotopic (exact) mass is 398 g/mol. The quantitative estimate of drug-likeness (QED) is 0.637. The number of rotatable bonds is 8. The highest BCUT2D eigenvalue weighted by Gasteiger charge is 2.38. The molecule has 150 valence electrons. The Morgan fingerprint density at radius 2 is 1.81 bits per heavy atom. The van der Waals surface area contributed by atoms with Gasteiger partial charge < -0.3 is 4.43 Å². The van der Waals surface area contributed by atoms with Crippen molar-refractivity contribution in [2.75, 3.05) is 0 Å². The molecule has 0 aliphatic rings. The summed E-state index contributed by atoms with van der Waals surface area (Å²) in [6.45, 7) is 19.4. The lowest BCUT2D eigenvalue weighted by atomic mass is 10.1. The topological polar surface area (TPSA) is 51.2 Å². The Morgan fingerprint density at radius 3 is 2.27 bits per heavy atom. The summed E-state index contributed by atoms with van der Waals surface area (Å²) >= 11 is 0. The van der Waals surface area contributed by atoms with Crippen LogP contribution in [0.25, 0.3) is 0 Å². The maximum absolute atomic E-state index is 12.6.